The molecule has 0 amide bonds. The molecule has 0 spiro atoms. The van der Waals surface area contributed by atoms with E-state index in [9.17, 15) is 0 Å². The van der Waals surface area contributed by atoms with E-state index in [2.05, 4.69) is 53.6 Å². The number of hydrogen-bond donors (Lipinski definition) is 1. The molecule has 19 heavy (non-hydrogen) atoms. The second-order valence-corrected chi connectivity index (χ2v) is 4.77. The summed E-state index contributed by atoms with van der Waals surface area (Å²) in [6.07, 6.45) is 5.07. The monoisotopic (exact) mass is 254 g/mol. The van der Waals surface area contributed by atoms with Crippen LogP contribution in [0.1, 0.15) is 36.2 Å². The molecule has 2 rings (SSSR count). The molecule has 2 aromatic rings. The van der Waals surface area contributed by atoms with E-state index in [-0.39, 0.29) is 0 Å². The van der Waals surface area contributed by atoms with Gasteiger partial charge in [-0.3, -0.25) is 4.98 Å². The fourth-order valence-electron chi connectivity index (χ4n) is 2.44. The lowest BCUT2D eigenvalue weighted by atomic mass is 9.98. The zero-order valence-electron chi connectivity index (χ0n) is 11.8. The molecule has 0 bridgehead atoms. The zero-order chi connectivity index (χ0) is 13.5. The van der Waals surface area contributed by atoms with Crippen molar-refractivity contribution in [1.29, 1.82) is 0 Å². The first kappa shape index (κ1) is 13.8. The minimum Gasteiger partial charge on any atom is -0.312 e. The standard InChI is InChI=1S/C17H22N2/c1-3-15-10-7-13-19-17(15)16(18-2)12-11-14-8-5-4-6-9-14/h4-10,13,16,18H,3,11-12H2,1-2H3. The maximum atomic E-state index is 4.57. The highest BCUT2D eigenvalue weighted by Gasteiger charge is 2.13. The number of hydrogen-bond acceptors (Lipinski definition) is 2. The fourth-order valence-corrected chi connectivity index (χ4v) is 2.44. The van der Waals surface area contributed by atoms with Crippen LogP contribution in [0.15, 0.2) is 48.7 Å². The molecule has 2 nitrogen and oxygen atoms in total. The third-order valence-electron chi connectivity index (χ3n) is 3.55. The van der Waals surface area contributed by atoms with Crippen molar-refractivity contribution in [1.82, 2.24) is 10.3 Å². The molecule has 0 saturated carbocycles. The van der Waals surface area contributed by atoms with E-state index in [1.54, 1.807) is 0 Å². The topological polar surface area (TPSA) is 24.9 Å². The summed E-state index contributed by atoms with van der Waals surface area (Å²) in [5, 5.41) is 3.40. The van der Waals surface area contributed by atoms with Gasteiger partial charge in [0, 0.05) is 12.2 Å². The van der Waals surface area contributed by atoms with Crippen LogP contribution in [0.2, 0.25) is 0 Å². The van der Waals surface area contributed by atoms with Crippen LogP contribution in [0, 0.1) is 0 Å². The van der Waals surface area contributed by atoms with Gasteiger partial charge < -0.3 is 5.32 Å². The molecule has 2 heteroatoms. The summed E-state index contributed by atoms with van der Waals surface area (Å²) in [5.74, 6) is 0. The predicted octanol–water partition coefficient (Wildman–Crippen LogP) is 3.54. The van der Waals surface area contributed by atoms with Gasteiger partial charge in [0.1, 0.15) is 0 Å². The number of aryl methyl sites for hydroxylation is 2. The minimum atomic E-state index is 0.330. The molecular weight excluding hydrogens is 232 g/mol. The van der Waals surface area contributed by atoms with Gasteiger partial charge in [-0.15, -0.1) is 0 Å². The number of nitrogens with one attached hydrogen (secondary N) is 1. The number of rotatable bonds is 6. The molecular formula is C17H22N2. The number of aromatic nitrogens is 1. The summed E-state index contributed by atoms with van der Waals surface area (Å²) in [4.78, 5) is 4.57. The minimum absolute atomic E-state index is 0.330. The average Bonchev–Trinajstić information content (AvgIpc) is 2.49. The second-order valence-electron chi connectivity index (χ2n) is 4.77. The molecule has 0 aliphatic carbocycles. The summed E-state index contributed by atoms with van der Waals surface area (Å²) in [5.41, 5.74) is 3.93. The van der Waals surface area contributed by atoms with Gasteiger partial charge in [0.25, 0.3) is 0 Å². The van der Waals surface area contributed by atoms with Gasteiger partial charge in [-0.05, 0) is 43.5 Å². The molecule has 1 unspecified atom stereocenters. The summed E-state index contributed by atoms with van der Waals surface area (Å²) in [6.45, 7) is 2.18. The maximum Gasteiger partial charge on any atom is 0.0604 e. The van der Waals surface area contributed by atoms with Gasteiger partial charge in [-0.2, -0.15) is 0 Å². The number of pyridine rings is 1. The zero-order valence-corrected chi connectivity index (χ0v) is 11.8. The molecule has 0 aliphatic heterocycles. The smallest absolute Gasteiger partial charge is 0.0604 e. The lowest BCUT2D eigenvalue weighted by Gasteiger charge is -2.18. The molecule has 1 aromatic heterocycles. The molecule has 0 fully saturated rings. The van der Waals surface area contributed by atoms with Crippen LogP contribution in [-0.2, 0) is 12.8 Å². The summed E-state index contributed by atoms with van der Waals surface area (Å²) in [7, 11) is 2.02. The highest BCUT2D eigenvalue weighted by Crippen LogP contribution is 2.20. The van der Waals surface area contributed by atoms with Gasteiger partial charge in [-0.1, -0.05) is 43.3 Å². The van der Waals surface area contributed by atoms with Crippen LogP contribution in [0.5, 0.6) is 0 Å². The van der Waals surface area contributed by atoms with Crippen molar-refractivity contribution in [3.8, 4) is 0 Å². The first-order valence-electron chi connectivity index (χ1n) is 7.00. The first-order chi connectivity index (χ1) is 9.35. The number of nitrogens with zero attached hydrogens (tertiary/aromatic N) is 1. The van der Waals surface area contributed by atoms with Crippen LogP contribution in [-0.4, -0.2) is 12.0 Å². The highest BCUT2D eigenvalue weighted by atomic mass is 14.9. The molecule has 1 aromatic carbocycles. The predicted molar refractivity (Wildman–Crippen MR) is 80.2 cm³/mol. The van der Waals surface area contributed by atoms with E-state index in [1.165, 1.54) is 16.8 Å². The molecule has 1 atom stereocenters. The van der Waals surface area contributed by atoms with E-state index < -0.39 is 0 Å². The van der Waals surface area contributed by atoms with E-state index in [1.807, 2.05) is 19.3 Å². The van der Waals surface area contributed by atoms with Crippen molar-refractivity contribution in [3.05, 3.63) is 65.5 Å². The van der Waals surface area contributed by atoms with Crippen molar-refractivity contribution in [2.75, 3.05) is 7.05 Å². The summed E-state index contributed by atoms with van der Waals surface area (Å²) >= 11 is 0. The Bertz CT molecular complexity index is 494. The largest absolute Gasteiger partial charge is 0.312 e. The van der Waals surface area contributed by atoms with Gasteiger partial charge in [0.2, 0.25) is 0 Å². The first-order valence-corrected chi connectivity index (χ1v) is 7.00. The van der Waals surface area contributed by atoms with Crippen LogP contribution in [0.4, 0.5) is 0 Å². The van der Waals surface area contributed by atoms with E-state index >= 15 is 0 Å². The molecule has 1 heterocycles. The normalized spacial score (nSPS) is 12.3. The summed E-state index contributed by atoms with van der Waals surface area (Å²) in [6, 6.07) is 15.2. The summed E-state index contributed by atoms with van der Waals surface area (Å²) < 4.78 is 0. The Hall–Kier alpha value is -1.67. The SMILES string of the molecule is CCc1cccnc1C(CCc1ccccc1)NC. The van der Waals surface area contributed by atoms with E-state index in [0.717, 1.165) is 19.3 Å². The van der Waals surface area contributed by atoms with Crippen molar-refractivity contribution >= 4 is 0 Å². The van der Waals surface area contributed by atoms with Crippen LogP contribution in [0.25, 0.3) is 0 Å². The molecule has 100 valence electrons. The Morgan fingerprint density at radius 3 is 2.58 bits per heavy atom. The third-order valence-corrected chi connectivity index (χ3v) is 3.55. The van der Waals surface area contributed by atoms with Crippen LogP contribution < -0.4 is 5.32 Å². The molecule has 0 radical (unpaired) electrons. The van der Waals surface area contributed by atoms with Crippen molar-refractivity contribution in [3.63, 3.8) is 0 Å². The van der Waals surface area contributed by atoms with Gasteiger partial charge >= 0.3 is 0 Å². The fraction of sp³-hybridized carbons (Fsp3) is 0.353. The van der Waals surface area contributed by atoms with Crippen molar-refractivity contribution < 1.29 is 0 Å². The Kier molecular flexibility index (Phi) is 5.10. The Morgan fingerprint density at radius 1 is 1.11 bits per heavy atom. The van der Waals surface area contributed by atoms with E-state index in [4.69, 9.17) is 0 Å². The van der Waals surface area contributed by atoms with Crippen LogP contribution in [0.3, 0.4) is 0 Å². The molecule has 0 aliphatic rings. The van der Waals surface area contributed by atoms with Gasteiger partial charge in [-0.25, -0.2) is 0 Å². The third kappa shape index (κ3) is 3.65. The average molecular weight is 254 g/mol. The van der Waals surface area contributed by atoms with Gasteiger partial charge in [0.15, 0.2) is 0 Å². The molecule has 1 N–H and O–H groups in total. The van der Waals surface area contributed by atoms with Crippen molar-refractivity contribution in [2.24, 2.45) is 0 Å². The van der Waals surface area contributed by atoms with E-state index in [0.29, 0.717) is 6.04 Å². The van der Waals surface area contributed by atoms with Gasteiger partial charge in [0.05, 0.1) is 5.69 Å². The Morgan fingerprint density at radius 2 is 1.89 bits per heavy atom. The lowest BCUT2D eigenvalue weighted by Crippen LogP contribution is -2.20. The van der Waals surface area contributed by atoms with Crippen LogP contribution >= 0.6 is 0 Å². The maximum absolute atomic E-state index is 4.57. The molecule has 0 saturated heterocycles. The Balaban J connectivity index is 2.08. The number of benzene rings is 1. The quantitative estimate of drug-likeness (QED) is 0.853. The second kappa shape index (κ2) is 7.05. The van der Waals surface area contributed by atoms with Crippen molar-refractivity contribution in [2.45, 2.75) is 32.2 Å². The lowest BCUT2D eigenvalue weighted by molar-refractivity contribution is 0.531. The Labute approximate surface area is 115 Å². The highest BCUT2D eigenvalue weighted by molar-refractivity contribution is 5.23.